The van der Waals surface area contributed by atoms with Crippen molar-refractivity contribution in [3.8, 4) is 0 Å². The van der Waals surface area contributed by atoms with Crippen molar-refractivity contribution in [1.29, 1.82) is 0 Å². The molecule has 0 aliphatic carbocycles. The Morgan fingerprint density at radius 1 is 1.09 bits per heavy atom. The van der Waals surface area contributed by atoms with Crippen LogP contribution in [0.5, 0.6) is 0 Å². The van der Waals surface area contributed by atoms with Gasteiger partial charge in [0.15, 0.2) is 0 Å². The second kappa shape index (κ2) is 7.21. The molecule has 8 heteroatoms. The van der Waals surface area contributed by atoms with Crippen molar-refractivity contribution < 1.29 is 18.3 Å². The molecule has 0 saturated heterocycles. The molecule has 0 atom stereocenters. The molecular weight excluding hydrogens is 361 g/mol. The van der Waals surface area contributed by atoms with Gasteiger partial charge in [0, 0.05) is 11.4 Å². The molecule has 2 aromatic carbocycles. The van der Waals surface area contributed by atoms with E-state index in [1.807, 2.05) is 0 Å². The number of carboxylic acid groups (broad SMARTS) is 1. The normalized spacial score (nSPS) is 11.2. The molecule has 0 fully saturated rings. The number of hydrogen-bond donors (Lipinski definition) is 2. The average Bonchev–Trinajstić information content (AvgIpc) is 2.48. The maximum absolute atomic E-state index is 12.3. The molecule has 122 valence electrons. The van der Waals surface area contributed by atoms with Crippen molar-refractivity contribution in [2.45, 2.75) is 17.7 Å². The highest BCUT2D eigenvalue weighted by molar-refractivity contribution is 7.92. The molecule has 23 heavy (non-hydrogen) atoms. The third kappa shape index (κ3) is 4.86. The van der Waals surface area contributed by atoms with Gasteiger partial charge < -0.3 is 5.11 Å². The molecule has 0 aliphatic heterocycles. The molecule has 0 heterocycles. The van der Waals surface area contributed by atoms with Crippen LogP contribution in [0.15, 0.2) is 47.4 Å². The topological polar surface area (TPSA) is 83.5 Å². The zero-order chi connectivity index (χ0) is 17.0. The number of aliphatic carboxylic acids is 1. The lowest BCUT2D eigenvalue weighted by atomic mass is 10.1. The van der Waals surface area contributed by atoms with E-state index in [1.165, 1.54) is 30.3 Å². The zero-order valence-electron chi connectivity index (χ0n) is 11.8. The van der Waals surface area contributed by atoms with Gasteiger partial charge in [0.1, 0.15) is 0 Å². The molecule has 0 spiro atoms. The Hall–Kier alpha value is -1.76. The van der Waals surface area contributed by atoms with Crippen molar-refractivity contribution in [1.82, 2.24) is 0 Å². The Bertz CT molecular complexity index is 820. The lowest BCUT2D eigenvalue weighted by Gasteiger charge is -2.10. The summed E-state index contributed by atoms with van der Waals surface area (Å²) in [6, 6.07) is 10.5. The largest absolute Gasteiger partial charge is 0.481 e. The van der Waals surface area contributed by atoms with Crippen LogP contribution in [-0.4, -0.2) is 19.5 Å². The number of benzene rings is 2. The monoisotopic (exact) mass is 373 g/mol. The molecule has 2 aromatic rings. The molecule has 0 radical (unpaired) electrons. The number of carboxylic acids is 1. The highest BCUT2D eigenvalue weighted by Gasteiger charge is 2.16. The molecule has 0 amide bonds. The van der Waals surface area contributed by atoms with E-state index in [-0.39, 0.29) is 22.0 Å². The average molecular weight is 374 g/mol. The fourth-order valence-corrected chi connectivity index (χ4v) is 3.45. The van der Waals surface area contributed by atoms with Crippen LogP contribution in [0.2, 0.25) is 10.0 Å². The summed E-state index contributed by atoms with van der Waals surface area (Å²) in [5.41, 5.74) is 0.974. The lowest BCUT2D eigenvalue weighted by Crippen LogP contribution is -2.13. The highest BCUT2D eigenvalue weighted by atomic mass is 35.5. The number of sulfonamides is 1. The minimum Gasteiger partial charge on any atom is -0.481 e. The Labute approximate surface area is 143 Å². The molecule has 0 aromatic heterocycles. The van der Waals surface area contributed by atoms with Crippen molar-refractivity contribution in [3.63, 3.8) is 0 Å². The van der Waals surface area contributed by atoms with Gasteiger partial charge >= 0.3 is 5.97 Å². The number of anilines is 1. The SMILES string of the molecule is O=C(O)CCc1ccc(S(=O)(=O)Nc2ccc(Cl)cc2Cl)cc1. The van der Waals surface area contributed by atoms with E-state index in [0.717, 1.165) is 5.56 Å². The standard InChI is InChI=1S/C15H13Cl2NO4S/c16-11-4-7-14(13(17)9-11)18-23(21,22)12-5-1-10(2-6-12)3-8-15(19)20/h1-2,4-7,9,18H,3,8H2,(H,19,20). The summed E-state index contributed by atoms with van der Waals surface area (Å²) in [5.74, 6) is -0.902. The minimum absolute atomic E-state index is 0.00920. The van der Waals surface area contributed by atoms with Gasteiger partial charge in [0.05, 0.1) is 15.6 Å². The minimum atomic E-state index is -3.79. The van der Waals surface area contributed by atoms with Crippen molar-refractivity contribution in [2.75, 3.05) is 4.72 Å². The Balaban J connectivity index is 2.17. The third-order valence-corrected chi connectivity index (χ3v) is 4.97. The van der Waals surface area contributed by atoms with Crippen LogP contribution < -0.4 is 4.72 Å². The highest BCUT2D eigenvalue weighted by Crippen LogP contribution is 2.27. The van der Waals surface area contributed by atoms with Crippen LogP contribution in [0, 0.1) is 0 Å². The summed E-state index contributed by atoms with van der Waals surface area (Å²) in [6.45, 7) is 0. The predicted molar refractivity (Wildman–Crippen MR) is 89.7 cm³/mol. The molecule has 0 bridgehead atoms. The Kier molecular flexibility index (Phi) is 5.51. The van der Waals surface area contributed by atoms with Gasteiger partial charge in [-0.25, -0.2) is 8.42 Å². The second-order valence-electron chi connectivity index (χ2n) is 4.77. The van der Waals surface area contributed by atoms with Crippen LogP contribution in [0.4, 0.5) is 5.69 Å². The van der Waals surface area contributed by atoms with E-state index in [0.29, 0.717) is 11.4 Å². The summed E-state index contributed by atoms with van der Waals surface area (Å²) in [4.78, 5) is 10.6. The molecule has 0 aliphatic rings. The number of halogens is 2. The van der Waals surface area contributed by atoms with E-state index in [9.17, 15) is 13.2 Å². The summed E-state index contributed by atoms with van der Waals surface area (Å²) in [5, 5.41) is 9.24. The smallest absolute Gasteiger partial charge is 0.303 e. The van der Waals surface area contributed by atoms with Gasteiger partial charge in [0.2, 0.25) is 0 Å². The lowest BCUT2D eigenvalue weighted by molar-refractivity contribution is -0.136. The van der Waals surface area contributed by atoms with Crippen molar-refractivity contribution >= 4 is 44.9 Å². The summed E-state index contributed by atoms with van der Waals surface area (Å²) in [7, 11) is -3.79. The molecule has 0 unspecified atom stereocenters. The van der Waals surface area contributed by atoms with Crippen molar-refractivity contribution in [3.05, 3.63) is 58.1 Å². The number of carbonyl (C=O) groups is 1. The quantitative estimate of drug-likeness (QED) is 0.806. The Morgan fingerprint density at radius 3 is 2.30 bits per heavy atom. The first-order valence-electron chi connectivity index (χ1n) is 6.56. The second-order valence-corrected chi connectivity index (χ2v) is 7.29. The Morgan fingerprint density at radius 2 is 1.74 bits per heavy atom. The first-order valence-corrected chi connectivity index (χ1v) is 8.80. The van der Waals surface area contributed by atoms with E-state index in [1.54, 1.807) is 12.1 Å². The first-order chi connectivity index (χ1) is 10.8. The summed E-state index contributed by atoms with van der Waals surface area (Å²) < 4.78 is 27.0. The van der Waals surface area contributed by atoms with Crippen LogP contribution in [-0.2, 0) is 21.2 Å². The zero-order valence-corrected chi connectivity index (χ0v) is 14.1. The van der Waals surface area contributed by atoms with E-state index < -0.39 is 16.0 Å². The number of nitrogens with one attached hydrogen (secondary N) is 1. The third-order valence-electron chi connectivity index (χ3n) is 3.04. The van der Waals surface area contributed by atoms with Gasteiger partial charge in [-0.3, -0.25) is 9.52 Å². The summed E-state index contributed by atoms with van der Waals surface area (Å²) in [6.07, 6.45) is 0.330. The van der Waals surface area contributed by atoms with Gasteiger partial charge in [-0.15, -0.1) is 0 Å². The summed E-state index contributed by atoms with van der Waals surface area (Å²) >= 11 is 11.7. The maximum atomic E-state index is 12.3. The molecular formula is C15H13Cl2NO4S. The van der Waals surface area contributed by atoms with Gasteiger partial charge in [0.25, 0.3) is 10.0 Å². The van der Waals surface area contributed by atoms with E-state index >= 15 is 0 Å². The van der Waals surface area contributed by atoms with E-state index in [4.69, 9.17) is 28.3 Å². The molecule has 2 rings (SSSR count). The van der Waals surface area contributed by atoms with Crippen LogP contribution in [0.1, 0.15) is 12.0 Å². The first kappa shape index (κ1) is 17.6. The molecule has 5 nitrogen and oxygen atoms in total. The van der Waals surface area contributed by atoms with Gasteiger partial charge in [-0.05, 0) is 42.3 Å². The number of hydrogen-bond acceptors (Lipinski definition) is 3. The molecule has 2 N–H and O–H groups in total. The predicted octanol–water partition coefficient (Wildman–Crippen LogP) is 3.81. The van der Waals surface area contributed by atoms with Crippen LogP contribution >= 0.6 is 23.2 Å². The van der Waals surface area contributed by atoms with Gasteiger partial charge in [-0.1, -0.05) is 35.3 Å². The van der Waals surface area contributed by atoms with Crippen molar-refractivity contribution in [2.24, 2.45) is 0 Å². The number of rotatable bonds is 6. The number of aryl methyl sites for hydroxylation is 1. The molecule has 0 saturated carbocycles. The fraction of sp³-hybridized carbons (Fsp3) is 0.133. The fourth-order valence-electron chi connectivity index (χ4n) is 1.86. The van der Waals surface area contributed by atoms with Gasteiger partial charge in [-0.2, -0.15) is 0 Å². The maximum Gasteiger partial charge on any atom is 0.303 e. The van der Waals surface area contributed by atoms with Crippen LogP contribution in [0.25, 0.3) is 0 Å². The van der Waals surface area contributed by atoms with E-state index in [2.05, 4.69) is 4.72 Å². The van der Waals surface area contributed by atoms with Crippen LogP contribution in [0.3, 0.4) is 0 Å².